The Labute approximate surface area is 191 Å². The third-order valence-electron chi connectivity index (χ3n) is 4.96. The van der Waals surface area contributed by atoms with Crippen molar-refractivity contribution in [3.8, 4) is 17.5 Å². The van der Waals surface area contributed by atoms with Gasteiger partial charge in [-0.2, -0.15) is 5.26 Å². The molecule has 158 valence electrons. The van der Waals surface area contributed by atoms with Crippen LogP contribution in [0.25, 0.3) is 11.8 Å². The molecule has 0 aliphatic rings. The largest absolute Gasteiger partial charge is 0.495 e. The van der Waals surface area contributed by atoms with Gasteiger partial charge in [0.05, 0.1) is 12.8 Å². The summed E-state index contributed by atoms with van der Waals surface area (Å²) in [6.07, 6.45) is 1.57. The number of nitrogens with zero attached hydrogens (tertiary/aromatic N) is 2. The van der Waals surface area contributed by atoms with Crippen molar-refractivity contribution in [3.63, 3.8) is 0 Å². The average Bonchev–Trinajstić information content (AvgIpc) is 3.01. The van der Waals surface area contributed by atoms with Gasteiger partial charge in [-0.25, -0.2) is 0 Å². The Hall–Kier alpha value is -3.20. The second kappa shape index (κ2) is 9.30. The first-order valence-corrected chi connectivity index (χ1v) is 10.2. The summed E-state index contributed by atoms with van der Waals surface area (Å²) in [5.41, 5.74) is 4.67. The van der Waals surface area contributed by atoms with E-state index in [9.17, 15) is 10.1 Å². The molecule has 1 N–H and O–H groups in total. The number of aromatic nitrogens is 1. The van der Waals surface area contributed by atoms with E-state index in [1.807, 2.05) is 43.5 Å². The van der Waals surface area contributed by atoms with Gasteiger partial charge in [-0.15, -0.1) is 0 Å². The number of hydrogen-bond acceptors (Lipinski definition) is 3. The summed E-state index contributed by atoms with van der Waals surface area (Å²) >= 11 is 12.2. The summed E-state index contributed by atoms with van der Waals surface area (Å²) in [6, 6.07) is 14.5. The molecular formula is C24H21Cl2N3O2. The van der Waals surface area contributed by atoms with Crippen LogP contribution >= 0.6 is 23.2 Å². The van der Waals surface area contributed by atoms with Crippen LogP contribution in [0.5, 0.6) is 5.75 Å². The second-order valence-electron chi connectivity index (χ2n) is 7.06. The van der Waals surface area contributed by atoms with E-state index in [1.54, 1.807) is 43.5 Å². The molecule has 5 nitrogen and oxygen atoms in total. The number of carbonyl (C=O) groups is 1. The van der Waals surface area contributed by atoms with Crippen molar-refractivity contribution in [2.75, 3.05) is 12.4 Å². The molecule has 1 aromatic heterocycles. The molecule has 1 amide bonds. The summed E-state index contributed by atoms with van der Waals surface area (Å²) in [5.74, 6) is 0.161. The fourth-order valence-electron chi connectivity index (χ4n) is 3.36. The highest BCUT2D eigenvalue weighted by molar-refractivity contribution is 6.31. The fraction of sp³-hybridized carbons (Fsp3) is 0.167. The van der Waals surface area contributed by atoms with Crippen molar-refractivity contribution >= 4 is 40.9 Å². The molecular weight excluding hydrogens is 433 g/mol. The minimum Gasteiger partial charge on any atom is -0.495 e. The molecule has 2 aromatic carbocycles. The van der Waals surface area contributed by atoms with Crippen LogP contribution in [0.1, 0.15) is 22.5 Å². The molecule has 1 heterocycles. The van der Waals surface area contributed by atoms with Crippen molar-refractivity contribution in [1.29, 1.82) is 5.26 Å². The second-order valence-corrected chi connectivity index (χ2v) is 7.93. The Morgan fingerprint density at radius 2 is 1.77 bits per heavy atom. The summed E-state index contributed by atoms with van der Waals surface area (Å²) in [6.45, 7) is 5.70. The lowest BCUT2D eigenvalue weighted by Crippen LogP contribution is -2.14. The molecule has 0 spiro atoms. The average molecular weight is 454 g/mol. The van der Waals surface area contributed by atoms with Gasteiger partial charge in [-0.1, -0.05) is 29.3 Å². The highest BCUT2D eigenvalue weighted by Crippen LogP contribution is 2.31. The SMILES string of the molecule is COc1ccc(Cl)cc1-n1c(C)cc(/C=C(\C#N)C(=O)Nc2cc(Cl)ccc2C)c1C. The van der Waals surface area contributed by atoms with Gasteiger partial charge < -0.3 is 14.6 Å². The topological polar surface area (TPSA) is 67.0 Å². The fourth-order valence-corrected chi connectivity index (χ4v) is 3.70. The van der Waals surface area contributed by atoms with Gasteiger partial charge in [0.25, 0.3) is 5.91 Å². The van der Waals surface area contributed by atoms with Crippen LogP contribution in [0.15, 0.2) is 48.0 Å². The van der Waals surface area contributed by atoms with Crippen LogP contribution in [0.3, 0.4) is 0 Å². The minimum atomic E-state index is -0.502. The number of nitrogens with one attached hydrogen (secondary N) is 1. The molecule has 0 unspecified atom stereocenters. The molecule has 3 aromatic rings. The molecule has 0 aliphatic carbocycles. The highest BCUT2D eigenvalue weighted by atomic mass is 35.5. The molecule has 31 heavy (non-hydrogen) atoms. The van der Waals surface area contributed by atoms with Crippen molar-refractivity contribution in [2.45, 2.75) is 20.8 Å². The van der Waals surface area contributed by atoms with Gasteiger partial charge in [-0.3, -0.25) is 4.79 Å². The molecule has 0 saturated heterocycles. The van der Waals surface area contributed by atoms with Crippen LogP contribution in [-0.4, -0.2) is 17.6 Å². The number of benzene rings is 2. The van der Waals surface area contributed by atoms with Gasteiger partial charge in [-0.05, 0) is 74.4 Å². The quantitative estimate of drug-likeness (QED) is 0.365. The summed E-state index contributed by atoms with van der Waals surface area (Å²) in [7, 11) is 1.59. The summed E-state index contributed by atoms with van der Waals surface area (Å²) < 4.78 is 7.46. The molecule has 0 fully saturated rings. The van der Waals surface area contributed by atoms with E-state index >= 15 is 0 Å². The normalized spacial score (nSPS) is 11.2. The van der Waals surface area contributed by atoms with Gasteiger partial charge >= 0.3 is 0 Å². The number of carbonyl (C=O) groups excluding carboxylic acids is 1. The Morgan fingerprint density at radius 1 is 1.10 bits per heavy atom. The van der Waals surface area contributed by atoms with Crippen molar-refractivity contribution in [3.05, 3.63) is 80.6 Å². The van der Waals surface area contributed by atoms with Crippen LogP contribution in [0.4, 0.5) is 5.69 Å². The molecule has 0 radical (unpaired) electrons. The number of aryl methyl sites for hydroxylation is 2. The number of rotatable bonds is 5. The van der Waals surface area contributed by atoms with Crippen LogP contribution < -0.4 is 10.1 Å². The molecule has 0 atom stereocenters. The maximum atomic E-state index is 12.7. The number of methoxy groups -OCH3 is 1. The molecule has 3 rings (SSSR count). The van der Waals surface area contributed by atoms with E-state index in [0.717, 1.165) is 28.2 Å². The van der Waals surface area contributed by atoms with Crippen LogP contribution in [0, 0.1) is 32.1 Å². The van der Waals surface area contributed by atoms with E-state index < -0.39 is 5.91 Å². The zero-order valence-electron chi connectivity index (χ0n) is 17.6. The lowest BCUT2D eigenvalue weighted by atomic mass is 10.1. The van der Waals surface area contributed by atoms with Crippen molar-refractivity contribution in [2.24, 2.45) is 0 Å². The Morgan fingerprint density at radius 3 is 2.45 bits per heavy atom. The third kappa shape index (κ3) is 4.77. The van der Waals surface area contributed by atoms with E-state index in [4.69, 9.17) is 27.9 Å². The zero-order chi connectivity index (χ0) is 22.7. The first-order valence-electron chi connectivity index (χ1n) is 9.47. The number of nitriles is 1. The molecule has 0 saturated carbocycles. The lowest BCUT2D eigenvalue weighted by Gasteiger charge is -2.14. The Kier molecular flexibility index (Phi) is 6.74. The minimum absolute atomic E-state index is 0.0160. The van der Waals surface area contributed by atoms with Gasteiger partial charge in [0.15, 0.2) is 0 Å². The summed E-state index contributed by atoms with van der Waals surface area (Å²) in [5, 5.41) is 13.5. The predicted molar refractivity (Wildman–Crippen MR) is 125 cm³/mol. The van der Waals surface area contributed by atoms with E-state index in [0.29, 0.717) is 21.5 Å². The molecule has 0 aliphatic heterocycles. The standard InChI is InChI=1S/C24H21Cl2N3O2/c1-14-5-6-19(25)11-21(14)28-24(30)18(13-27)10-17-9-15(2)29(16(17)3)22-12-20(26)7-8-23(22)31-4/h5-12H,1-4H3,(H,28,30)/b18-10+. The Balaban J connectivity index is 2.00. The van der Waals surface area contributed by atoms with E-state index in [2.05, 4.69) is 5.32 Å². The van der Waals surface area contributed by atoms with E-state index in [1.165, 1.54) is 0 Å². The monoisotopic (exact) mass is 453 g/mol. The van der Waals surface area contributed by atoms with Crippen LogP contribution in [-0.2, 0) is 4.79 Å². The first-order chi connectivity index (χ1) is 14.7. The van der Waals surface area contributed by atoms with Crippen molar-refractivity contribution in [1.82, 2.24) is 4.57 Å². The Bertz CT molecular complexity index is 1240. The maximum Gasteiger partial charge on any atom is 0.266 e. The van der Waals surface area contributed by atoms with Gasteiger partial charge in [0.2, 0.25) is 0 Å². The van der Waals surface area contributed by atoms with E-state index in [-0.39, 0.29) is 5.57 Å². The number of anilines is 1. The zero-order valence-corrected chi connectivity index (χ0v) is 19.1. The maximum absolute atomic E-state index is 12.7. The first kappa shape index (κ1) is 22.5. The van der Waals surface area contributed by atoms with Gasteiger partial charge in [0, 0.05) is 27.1 Å². The van der Waals surface area contributed by atoms with Crippen LogP contribution in [0.2, 0.25) is 10.0 Å². The van der Waals surface area contributed by atoms with Gasteiger partial charge in [0.1, 0.15) is 17.4 Å². The summed E-state index contributed by atoms with van der Waals surface area (Å²) in [4.78, 5) is 12.7. The highest BCUT2D eigenvalue weighted by Gasteiger charge is 2.17. The predicted octanol–water partition coefficient (Wildman–Crippen LogP) is 6.26. The number of hydrogen-bond donors (Lipinski definition) is 1. The number of amides is 1. The lowest BCUT2D eigenvalue weighted by molar-refractivity contribution is -0.112. The smallest absolute Gasteiger partial charge is 0.266 e. The molecule has 0 bridgehead atoms. The third-order valence-corrected chi connectivity index (χ3v) is 5.44. The molecule has 7 heteroatoms. The number of ether oxygens (including phenoxy) is 1. The van der Waals surface area contributed by atoms with Crippen molar-refractivity contribution < 1.29 is 9.53 Å². The number of halogens is 2.